The van der Waals surface area contributed by atoms with E-state index in [2.05, 4.69) is 5.32 Å². The molecule has 3 fully saturated rings. The fourth-order valence-corrected chi connectivity index (χ4v) is 3.06. The van der Waals surface area contributed by atoms with Gasteiger partial charge in [-0.3, -0.25) is 4.79 Å². The number of fused-ring (bicyclic) bond motifs is 1. The third kappa shape index (κ3) is 2.03. The minimum atomic E-state index is 0.300. The lowest BCUT2D eigenvalue weighted by Crippen LogP contribution is -2.34. The van der Waals surface area contributed by atoms with E-state index >= 15 is 0 Å². The van der Waals surface area contributed by atoms with Crippen LogP contribution in [-0.4, -0.2) is 25.7 Å². The van der Waals surface area contributed by atoms with Gasteiger partial charge < -0.3 is 10.1 Å². The van der Waals surface area contributed by atoms with E-state index in [1.165, 1.54) is 6.42 Å². The van der Waals surface area contributed by atoms with Gasteiger partial charge in [-0.2, -0.15) is 0 Å². The van der Waals surface area contributed by atoms with E-state index in [0.717, 1.165) is 50.9 Å². The number of ether oxygens (including phenoxy) is 1. The van der Waals surface area contributed by atoms with E-state index < -0.39 is 0 Å². The van der Waals surface area contributed by atoms with Gasteiger partial charge in [0.25, 0.3) is 0 Å². The molecule has 2 aliphatic carbocycles. The van der Waals surface area contributed by atoms with Crippen LogP contribution in [0.15, 0.2) is 0 Å². The Bertz CT molecular complexity index is 250. The molecule has 0 radical (unpaired) electrons. The molecule has 84 valence electrons. The quantitative estimate of drug-likeness (QED) is 0.758. The van der Waals surface area contributed by atoms with Crippen molar-refractivity contribution in [2.45, 2.75) is 25.7 Å². The predicted octanol–water partition coefficient (Wildman–Crippen LogP) is 1.19. The summed E-state index contributed by atoms with van der Waals surface area (Å²) in [5.41, 5.74) is 0. The van der Waals surface area contributed by atoms with E-state index in [1.807, 2.05) is 0 Å². The summed E-state index contributed by atoms with van der Waals surface area (Å²) >= 11 is 0. The van der Waals surface area contributed by atoms with Crippen molar-refractivity contribution in [3.63, 3.8) is 0 Å². The molecule has 15 heavy (non-hydrogen) atoms. The zero-order chi connectivity index (χ0) is 10.3. The van der Waals surface area contributed by atoms with Crippen LogP contribution in [0.5, 0.6) is 0 Å². The molecule has 1 aliphatic heterocycles. The van der Waals surface area contributed by atoms with Crippen molar-refractivity contribution in [2.75, 3.05) is 19.8 Å². The zero-order valence-electron chi connectivity index (χ0n) is 9.08. The van der Waals surface area contributed by atoms with Crippen LogP contribution in [0.25, 0.3) is 0 Å². The Morgan fingerprint density at radius 2 is 2.07 bits per heavy atom. The van der Waals surface area contributed by atoms with Gasteiger partial charge in [-0.25, -0.2) is 0 Å². The molecule has 1 amide bonds. The monoisotopic (exact) mass is 209 g/mol. The van der Waals surface area contributed by atoms with Crippen LogP contribution in [0, 0.1) is 23.7 Å². The molecule has 0 spiro atoms. The first kappa shape index (κ1) is 9.64. The van der Waals surface area contributed by atoms with Crippen molar-refractivity contribution in [1.82, 2.24) is 5.32 Å². The molecule has 3 heteroatoms. The molecule has 3 unspecified atom stereocenters. The Kier molecular flexibility index (Phi) is 2.43. The van der Waals surface area contributed by atoms with Crippen LogP contribution in [0.1, 0.15) is 25.7 Å². The van der Waals surface area contributed by atoms with E-state index in [1.54, 1.807) is 0 Å². The van der Waals surface area contributed by atoms with Gasteiger partial charge in [0.2, 0.25) is 5.91 Å². The lowest BCUT2D eigenvalue weighted by molar-refractivity contribution is -0.125. The van der Waals surface area contributed by atoms with Gasteiger partial charge in [0, 0.05) is 25.0 Å². The van der Waals surface area contributed by atoms with E-state index in [9.17, 15) is 4.79 Å². The summed E-state index contributed by atoms with van der Waals surface area (Å²) in [6.45, 7) is 2.52. The summed E-state index contributed by atoms with van der Waals surface area (Å²) in [5, 5.41) is 3.09. The Morgan fingerprint density at radius 3 is 2.73 bits per heavy atom. The highest BCUT2D eigenvalue weighted by Gasteiger charge is 2.47. The summed E-state index contributed by atoms with van der Waals surface area (Å²) < 4.78 is 5.29. The van der Waals surface area contributed by atoms with E-state index in [-0.39, 0.29) is 0 Å². The van der Waals surface area contributed by atoms with E-state index in [4.69, 9.17) is 4.74 Å². The van der Waals surface area contributed by atoms with Gasteiger partial charge in [0.15, 0.2) is 0 Å². The summed E-state index contributed by atoms with van der Waals surface area (Å²) in [5.74, 6) is 2.99. The highest BCUT2D eigenvalue weighted by atomic mass is 16.5. The van der Waals surface area contributed by atoms with Crippen molar-refractivity contribution in [2.24, 2.45) is 23.7 Å². The van der Waals surface area contributed by atoms with Crippen LogP contribution >= 0.6 is 0 Å². The Balaban J connectivity index is 1.41. The van der Waals surface area contributed by atoms with Gasteiger partial charge in [-0.15, -0.1) is 0 Å². The fourth-order valence-electron chi connectivity index (χ4n) is 3.06. The first-order chi connectivity index (χ1) is 7.33. The lowest BCUT2D eigenvalue weighted by Gasteiger charge is -2.14. The highest BCUT2D eigenvalue weighted by molar-refractivity contribution is 5.79. The Labute approximate surface area is 90.6 Å². The average molecular weight is 209 g/mol. The molecule has 1 saturated heterocycles. The third-order valence-electron chi connectivity index (χ3n) is 4.20. The summed E-state index contributed by atoms with van der Waals surface area (Å²) in [7, 11) is 0. The van der Waals surface area contributed by atoms with Gasteiger partial charge >= 0.3 is 0 Å². The van der Waals surface area contributed by atoms with Gasteiger partial charge in [0.05, 0.1) is 6.61 Å². The molecule has 3 atom stereocenters. The molecule has 0 aromatic rings. The largest absolute Gasteiger partial charge is 0.381 e. The van der Waals surface area contributed by atoms with Crippen molar-refractivity contribution >= 4 is 5.91 Å². The number of hydrogen-bond donors (Lipinski definition) is 1. The number of carbonyl (C=O) groups excluding carboxylic acids is 1. The molecule has 0 aromatic carbocycles. The number of nitrogens with one attached hydrogen (secondary N) is 1. The molecule has 3 aliphatic rings. The van der Waals surface area contributed by atoms with Gasteiger partial charge in [-0.1, -0.05) is 0 Å². The van der Waals surface area contributed by atoms with Crippen molar-refractivity contribution in [1.29, 1.82) is 0 Å². The molecule has 3 nitrogen and oxygen atoms in total. The van der Waals surface area contributed by atoms with Gasteiger partial charge in [-0.05, 0) is 37.5 Å². The smallest absolute Gasteiger partial charge is 0.223 e. The fraction of sp³-hybridized carbons (Fsp3) is 0.917. The van der Waals surface area contributed by atoms with Crippen molar-refractivity contribution < 1.29 is 9.53 Å². The molecule has 1 heterocycles. The molecule has 0 bridgehead atoms. The molecule has 0 aromatic heterocycles. The molecule has 1 N–H and O–H groups in total. The highest BCUT2D eigenvalue weighted by Crippen LogP contribution is 2.54. The summed E-state index contributed by atoms with van der Waals surface area (Å²) in [6.07, 6.45) is 4.80. The maximum absolute atomic E-state index is 11.8. The van der Waals surface area contributed by atoms with Crippen LogP contribution in [0.2, 0.25) is 0 Å². The third-order valence-corrected chi connectivity index (χ3v) is 4.20. The standard InChI is InChI=1S/C12H19NO2/c14-12(11-4-9-3-10(9)5-11)13-6-8-1-2-15-7-8/h8-11H,1-7H2,(H,13,14). The Morgan fingerprint density at radius 1 is 1.27 bits per heavy atom. The van der Waals surface area contributed by atoms with Crippen molar-refractivity contribution in [3.05, 3.63) is 0 Å². The molecular weight excluding hydrogens is 190 g/mol. The normalized spacial score (nSPS) is 42.7. The van der Waals surface area contributed by atoms with Crippen LogP contribution in [0.3, 0.4) is 0 Å². The second-order valence-corrected chi connectivity index (χ2v) is 5.40. The summed E-state index contributed by atoms with van der Waals surface area (Å²) in [6, 6.07) is 0. The second-order valence-electron chi connectivity index (χ2n) is 5.40. The maximum atomic E-state index is 11.8. The second kappa shape index (κ2) is 3.78. The maximum Gasteiger partial charge on any atom is 0.223 e. The number of carbonyl (C=O) groups is 1. The first-order valence-electron chi connectivity index (χ1n) is 6.18. The molecule has 2 saturated carbocycles. The Hall–Kier alpha value is -0.570. The lowest BCUT2D eigenvalue weighted by atomic mass is 10.0. The SMILES string of the molecule is O=C(NCC1CCOC1)C1CC2CC2C1. The first-order valence-corrected chi connectivity index (χ1v) is 6.18. The van der Waals surface area contributed by atoms with Crippen LogP contribution in [-0.2, 0) is 9.53 Å². The van der Waals surface area contributed by atoms with Gasteiger partial charge in [0.1, 0.15) is 0 Å². The average Bonchev–Trinajstić information content (AvgIpc) is 2.75. The predicted molar refractivity (Wildman–Crippen MR) is 56.3 cm³/mol. The van der Waals surface area contributed by atoms with Crippen LogP contribution in [0.4, 0.5) is 0 Å². The number of hydrogen-bond acceptors (Lipinski definition) is 2. The number of amides is 1. The minimum absolute atomic E-state index is 0.300. The summed E-state index contributed by atoms with van der Waals surface area (Å²) in [4.78, 5) is 11.8. The molecular formula is C12H19NO2. The minimum Gasteiger partial charge on any atom is -0.381 e. The van der Waals surface area contributed by atoms with Crippen LogP contribution < -0.4 is 5.32 Å². The molecule has 3 rings (SSSR count). The van der Waals surface area contributed by atoms with E-state index in [0.29, 0.717) is 17.7 Å². The topological polar surface area (TPSA) is 38.3 Å². The van der Waals surface area contributed by atoms with Crippen molar-refractivity contribution in [3.8, 4) is 0 Å². The number of rotatable bonds is 3. The zero-order valence-corrected chi connectivity index (χ0v) is 9.08.